The van der Waals surface area contributed by atoms with Crippen LogP contribution in [0.15, 0.2) is 0 Å². The van der Waals surface area contributed by atoms with E-state index in [4.69, 9.17) is 12.4 Å². The van der Waals surface area contributed by atoms with Crippen LogP contribution < -0.4 is 0 Å². The predicted octanol–water partition coefficient (Wildman–Crippen LogP) is -2.36. The zero-order valence-corrected chi connectivity index (χ0v) is 9.89. The molecule has 0 atom stereocenters. The van der Waals surface area contributed by atoms with Crippen molar-refractivity contribution in [2.75, 3.05) is 0 Å². The van der Waals surface area contributed by atoms with E-state index < -0.39 is 16.2 Å². The molecule has 35 valence electrons. The molecule has 0 rings (SSSR count). The maximum absolute atomic E-state index is 8.47. The Morgan fingerprint density at radius 3 is 1.33 bits per heavy atom. The van der Waals surface area contributed by atoms with Crippen molar-refractivity contribution in [3.8, 4) is 0 Å². The fourth-order valence-corrected chi connectivity index (χ4v) is 0. The first-order valence-electron chi connectivity index (χ1n) is 0.623. The molecule has 6 heteroatoms. The van der Waals surface area contributed by atoms with Crippen molar-refractivity contribution in [1.29, 1.82) is 0 Å². The molecule has 0 aromatic rings. The second-order valence-corrected chi connectivity index (χ2v) is 0.307. The van der Waals surface area contributed by atoms with Gasteiger partial charge in [0.2, 0.25) is 0 Å². The molecule has 0 aliphatic carbocycles. The van der Waals surface area contributed by atoms with Crippen molar-refractivity contribution in [3.63, 3.8) is 0 Å². The molecule has 3 nitrogen and oxygen atoms in total. The molecule has 0 aliphatic rings. The molecular formula is H4BBiO3V. The Bertz CT molecular complexity index is 31.8. The van der Waals surface area contributed by atoms with Gasteiger partial charge in [-0.15, -0.1) is 0 Å². The molecule has 2 radical (unpaired) electrons. The van der Waals surface area contributed by atoms with Gasteiger partial charge >= 0.3 is 49.7 Å². The van der Waals surface area contributed by atoms with Gasteiger partial charge in [-0.2, -0.15) is 0 Å². The fraction of sp³-hybridized carbons (Fsp3) is 0. The van der Waals surface area contributed by atoms with Crippen LogP contribution in [0.4, 0.5) is 0 Å². The van der Waals surface area contributed by atoms with E-state index in [1.807, 2.05) is 0 Å². The van der Waals surface area contributed by atoms with Crippen LogP contribution in [0.3, 0.4) is 0 Å². The molecular weight excluding hydrogens is 319 g/mol. The molecule has 0 aliphatic heterocycles. The van der Waals surface area contributed by atoms with E-state index >= 15 is 0 Å². The molecule has 0 saturated carbocycles. The van der Waals surface area contributed by atoms with Gasteiger partial charge in [0.05, 0.1) is 0 Å². The zero-order valence-electron chi connectivity index (χ0n) is 3.00. The summed E-state index contributed by atoms with van der Waals surface area (Å²) in [6.45, 7) is 0. The standard InChI is InChI=1S/BHO.Bi.2O.V.3H/c1-2;;;;;;;/h2H;;;;;;;. The van der Waals surface area contributed by atoms with E-state index in [2.05, 4.69) is 8.05 Å². The average molecular weight is 323 g/mol. The Hall–Kier alpha value is 1.09. The summed E-state index contributed by atoms with van der Waals surface area (Å²) in [6, 6.07) is 0. The third kappa shape index (κ3) is 71.5. The van der Waals surface area contributed by atoms with Crippen LogP contribution in [0.2, 0.25) is 0 Å². The van der Waals surface area contributed by atoms with Crippen LogP contribution in [0.25, 0.3) is 0 Å². The summed E-state index contributed by atoms with van der Waals surface area (Å²) in [5.41, 5.74) is 0. The van der Waals surface area contributed by atoms with Crippen molar-refractivity contribution in [1.82, 2.24) is 0 Å². The second-order valence-electron chi connectivity index (χ2n) is 0.0745. The quantitative estimate of drug-likeness (QED) is 0.508. The van der Waals surface area contributed by atoms with Crippen molar-refractivity contribution in [2.45, 2.75) is 0 Å². The second kappa shape index (κ2) is 36.1. The van der Waals surface area contributed by atoms with Crippen LogP contribution in [0.5, 0.6) is 0 Å². The van der Waals surface area contributed by atoms with E-state index in [1.165, 1.54) is 0 Å². The van der Waals surface area contributed by atoms with Gasteiger partial charge in [-0.25, -0.2) is 0 Å². The Balaban J connectivity index is -0.0000000275. The summed E-state index contributed by atoms with van der Waals surface area (Å²) < 4.78 is 16.9. The third-order valence-corrected chi connectivity index (χ3v) is 0. The zero-order chi connectivity index (χ0) is 4.71. The first kappa shape index (κ1) is 15.7. The number of hydrogen-bond acceptors (Lipinski definition) is 3. The molecule has 0 saturated heterocycles. The van der Waals surface area contributed by atoms with Gasteiger partial charge in [0.1, 0.15) is 0 Å². The Kier molecular flexibility index (Phi) is 94.5. The van der Waals surface area contributed by atoms with Crippen LogP contribution >= 0.6 is 0 Å². The summed E-state index contributed by atoms with van der Waals surface area (Å²) in [6.07, 6.45) is 0. The molecule has 6 heavy (non-hydrogen) atoms. The summed E-state index contributed by atoms with van der Waals surface area (Å²) in [5, 5.41) is 6.50. The molecule has 0 bridgehead atoms. The number of rotatable bonds is 0. The topological polar surface area (TPSA) is 54.4 Å². The van der Waals surface area contributed by atoms with E-state index in [9.17, 15) is 0 Å². The molecule has 1 N–H and O–H groups in total. The summed E-state index contributed by atoms with van der Waals surface area (Å²) in [5.74, 6) is 0. The summed E-state index contributed by atoms with van der Waals surface area (Å²) in [4.78, 5) is 0. The average Bonchev–Trinajstić information content (AvgIpc) is 1.46. The maximum atomic E-state index is 8.47. The normalized spacial score (nSPS) is 2.17. The fourth-order valence-electron chi connectivity index (χ4n) is 0. The van der Waals surface area contributed by atoms with Crippen molar-refractivity contribution >= 4 is 34.3 Å². The van der Waals surface area contributed by atoms with Crippen LogP contribution in [0, 0.1) is 0 Å². The third-order valence-electron chi connectivity index (χ3n) is 0. The minimum absolute atomic E-state index is 0. The van der Waals surface area contributed by atoms with Crippen LogP contribution in [-0.2, 0) is 23.5 Å². The predicted molar refractivity (Wildman–Crippen MR) is 19.3 cm³/mol. The van der Waals surface area contributed by atoms with Crippen LogP contribution in [-0.4, -0.2) is 39.3 Å². The van der Waals surface area contributed by atoms with Gasteiger partial charge in [-0.3, -0.25) is 0 Å². The minimum atomic E-state index is -1.81. The van der Waals surface area contributed by atoms with Crippen molar-refractivity contribution in [2.24, 2.45) is 0 Å². The SMILES string of the molecule is [B]O.[BiH3].[O]=[V]=[O]. The van der Waals surface area contributed by atoms with Gasteiger partial charge in [0.25, 0.3) is 8.05 Å². The summed E-state index contributed by atoms with van der Waals surface area (Å²) >= 11 is -1.81. The Labute approximate surface area is 62.6 Å². The molecule has 0 amide bonds. The first-order chi connectivity index (χ1) is 2.41. The van der Waals surface area contributed by atoms with Gasteiger partial charge in [-0.05, 0) is 0 Å². The van der Waals surface area contributed by atoms with Crippen LogP contribution in [0.1, 0.15) is 0 Å². The van der Waals surface area contributed by atoms with E-state index in [1.54, 1.807) is 0 Å². The first-order valence-corrected chi connectivity index (χ1v) is 1.76. The molecule has 0 spiro atoms. The Morgan fingerprint density at radius 2 is 1.33 bits per heavy atom. The molecule has 0 unspecified atom stereocenters. The number of hydrogen-bond donors (Lipinski definition) is 1. The molecule has 0 fully saturated rings. The molecule has 0 aromatic carbocycles. The summed E-state index contributed by atoms with van der Waals surface area (Å²) in [7, 11) is 3.50. The molecule has 0 heterocycles. The monoisotopic (exact) mass is 323 g/mol. The van der Waals surface area contributed by atoms with Crippen molar-refractivity contribution in [3.05, 3.63) is 0 Å². The van der Waals surface area contributed by atoms with Gasteiger partial charge in [0.15, 0.2) is 0 Å². The van der Waals surface area contributed by atoms with E-state index in [0.717, 1.165) is 0 Å². The van der Waals surface area contributed by atoms with Gasteiger partial charge in [0, 0.05) is 0 Å². The Morgan fingerprint density at radius 1 is 1.33 bits per heavy atom. The molecule has 0 aromatic heterocycles. The van der Waals surface area contributed by atoms with E-state index in [0.29, 0.717) is 0 Å². The van der Waals surface area contributed by atoms with E-state index in [-0.39, 0.29) is 26.2 Å². The van der Waals surface area contributed by atoms with Gasteiger partial charge in [-0.1, -0.05) is 0 Å². The van der Waals surface area contributed by atoms with Gasteiger partial charge < -0.3 is 5.02 Å². The van der Waals surface area contributed by atoms with Crippen molar-refractivity contribution < 1.29 is 28.6 Å².